The lowest BCUT2D eigenvalue weighted by atomic mass is 9.94. The van der Waals surface area contributed by atoms with Crippen molar-refractivity contribution in [3.63, 3.8) is 0 Å². The van der Waals surface area contributed by atoms with Crippen molar-refractivity contribution >= 4 is 0 Å². The second-order valence-electron chi connectivity index (χ2n) is 5.44. The average molecular weight is 235 g/mol. The first kappa shape index (κ1) is 11.2. The third kappa shape index (κ3) is 2.11. The Labute approximate surface area is 102 Å². The first-order chi connectivity index (χ1) is 8.24. The molecule has 1 aromatic heterocycles. The van der Waals surface area contributed by atoms with Gasteiger partial charge >= 0.3 is 0 Å². The van der Waals surface area contributed by atoms with Gasteiger partial charge in [0.2, 0.25) is 0 Å². The number of fused-ring (bicyclic) bond motifs is 1. The van der Waals surface area contributed by atoms with E-state index in [1.807, 2.05) is 4.57 Å². The molecule has 3 heterocycles. The number of imidazole rings is 1. The Balaban J connectivity index is 1.80. The van der Waals surface area contributed by atoms with E-state index in [9.17, 15) is 5.11 Å². The predicted molar refractivity (Wildman–Crippen MR) is 65.9 cm³/mol. The number of aliphatic hydroxyl groups is 1. The molecule has 0 amide bonds. The smallest absolute Gasteiger partial charge is 0.131 e. The normalized spacial score (nSPS) is 27.1. The number of piperidine rings is 1. The predicted octanol–water partition coefficient (Wildman–Crippen LogP) is 1.52. The van der Waals surface area contributed by atoms with Gasteiger partial charge in [0.05, 0.1) is 5.69 Å². The third-order valence-corrected chi connectivity index (χ3v) is 4.15. The average Bonchev–Trinajstić information content (AvgIpc) is 2.75. The van der Waals surface area contributed by atoms with Gasteiger partial charge < -0.3 is 14.6 Å². The van der Waals surface area contributed by atoms with Crippen molar-refractivity contribution < 1.29 is 5.11 Å². The molecule has 1 fully saturated rings. The fourth-order valence-corrected chi connectivity index (χ4v) is 2.98. The molecule has 0 radical (unpaired) electrons. The van der Waals surface area contributed by atoms with Crippen LogP contribution in [0.25, 0.3) is 0 Å². The number of aromatic nitrogens is 2. The van der Waals surface area contributed by atoms with Crippen LogP contribution in [0.3, 0.4) is 0 Å². The topological polar surface area (TPSA) is 41.3 Å². The molecular formula is C13H21N3O. The summed E-state index contributed by atoms with van der Waals surface area (Å²) in [5.41, 5.74) is 1.20. The number of nitrogens with zero attached hydrogens (tertiary/aromatic N) is 3. The summed E-state index contributed by atoms with van der Waals surface area (Å²) >= 11 is 0. The second kappa shape index (κ2) is 4.42. The zero-order valence-corrected chi connectivity index (χ0v) is 10.5. The third-order valence-electron chi connectivity index (χ3n) is 4.15. The minimum Gasteiger partial charge on any atom is -0.373 e. The Morgan fingerprint density at radius 2 is 2.06 bits per heavy atom. The minimum absolute atomic E-state index is 0.341. The van der Waals surface area contributed by atoms with Crippen LogP contribution >= 0.6 is 0 Å². The molecule has 0 bridgehead atoms. The van der Waals surface area contributed by atoms with E-state index in [0.29, 0.717) is 5.92 Å². The molecule has 0 saturated carbocycles. The van der Waals surface area contributed by atoms with E-state index in [2.05, 4.69) is 18.1 Å². The first-order valence-electron chi connectivity index (χ1n) is 6.68. The number of hydrogen-bond donors (Lipinski definition) is 1. The highest BCUT2D eigenvalue weighted by Crippen LogP contribution is 2.30. The maximum Gasteiger partial charge on any atom is 0.131 e. The Morgan fingerprint density at radius 3 is 2.76 bits per heavy atom. The molecule has 94 valence electrons. The maximum atomic E-state index is 9.93. The van der Waals surface area contributed by atoms with E-state index in [1.165, 1.54) is 18.5 Å². The van der Waals surface area contributed by atoms with E-state index in [-0.39, 0.29) is 6.23 Å². The van der Waals surface area contributed by atoms with Crippen molar-refractivity contribution in [1.82, 2.24) is 14.5 Å². The van der Waals surface area contributed by atoms with Gasteiger partial charge in [-0.2, -0.15) is 0 Å². The van der Waals surface area contributed by atoms with E-state index < -0.39 is 0 Å². The minimum atomic E-state index is -0.341. The van der Waals surface area contributed by atoms with Crippen molar-refractivity contribution in [3.8, 4) is 0 Å². The van der Waals surface area contributed by atoms with Gasteiger partial charge in [-0.3, -0.25) is 0 Å². The highest BCUT2D eigenvalue weighted by atomic mass is 16.3. The molecule has 2 aliphatic heterocycles. The summed E-state index contributed by atoms with van der Waals surface area (Å²) in [5, 5.41) is 9.93. The largest absolute Gasteiger partial charge is 0.373 e. The summed E-state index contributed by atoms with van der Waals surface area (Å²) in [6.45, 7) is 2.32. The van der Waals surface area contributed by atoms with Crippen molar-refractivity contribution in [2.45, 2.75) is 44.2 Å². The van der Waals surface area contributed by atoms with Crippen molar-refractivity contribution in [2.24, 2.45) is 0 Å². The molecule has 1 N–H and O–H groups in total. The van der Waals surface area contributed by atoms with E-state index in [4.69, 9.17) is 4.98 Å². The fourth-order valence-electron chi connectivity index (χ4n) is 2.98. The molecule has 0 spiro atoms. The quantitative estimate of drug-likeness (QED) is 0.802. The molecule has 17 heavy (non-hydrogen) atoms. The van der Waals surface area contributed by atoms with Crippen LogP contribution in [-0.2, 0) is 6.42 Å². The highest BCUT2D eigenvalue weighted by molar-refractivity contribution is 5.12. The van der Waals surface area contributed by atoms with Gasteiger partial charge in [-0.25, -0.2) is 4.98 Å². The van der Waals surface area contributed by atoms with Crippen LogP contribution in [-0.4, -0.2) is 39.7 Å². The van der Waals surface area contributed by atoms with Crippen molar-refractivity contribution in [3.05, 3.63) is 17.7 Å². The maximum absolute atomic E-state index is 9.93. The summed E-state index contributed by atoms with van der Waals surface area (Å²) in [7, 11) is 2.18. The highest BCUT2D eigenvalue weighted by Gasteiger charge is 2.25. The Hall–Kier alpha value is -0.870. The fraction of sp³-hybridized carbons (Fsp3) is 0.769. The Bertz CT molecular complexity index is 393. The summed E-state index contributed by atoms with van der Waals surface area (Å²) in [5.74, 6) is 1.68. The molecule has 1 atom stereocenters. The van der Waals surface area contributed by atoms with Gasteiger partial charge in [0, 0.05) is 18.5 Å². The summed E-state index contributed by atoms with van der Waals surface area (Å²) in [6.07, 6.45) is 7.10. The van der Waals surface area contributed by atoms with Crippen LogP contribution in [0.2, 0.25) is 0 Å². The van der Waals surface area contributed by atoms with Gasteiger partial charge in [-0.1, -0.05) is 0 Å². The molecule has 1 saturated heterocycles. The van der Waals surface area contributed by atoms with Crippen LogP contribution in [0.5, 0.6) is 0 Å². The lowest BCUT2D eigenvalue weighted by Gasteiger charge is -2.27. The summed E-state index contributed by atoms with van der Waals surface area (Å²) in [4.78, 5) is 7.11. The number of rotatable bonds is 1. The van der Waals surface area contributed by atoms with Crippen LogP contribution < -0.4 is 0 Å². The molecule has 0 aromatic carbocycles. The molecule has 1 unspecified atom stereocenters. The van der Waals surface area contributed by atoms with E-state index in [0.717, 1.165) is 38.2 Å². The van der Waals surface area contributed by atoms with Crippen LogP contribution in [0.15, 0.2) is 6.20 Å². The zero-order chi connectivity index (χ0) is 11.8. The van der Waals surface area contributed by atoms with E-state index >= 15 is 0 Å². The molecule has 4 nitrogen and oxygen atoms in total. The standard InChI is InChI=1S/C13H21N3O/c1-15-7-5-10(6-8-15)11-9-16-12(14-11)3-2-4-13(16)17/h9-10,13,17H,2-8H2,1H3. The second-order valence-corrected chi connectivity index (χ2v) is 5.44. The number of aliphatic hydroxyl groups excluding tert-OH is 1. The zero-order valence-electron chi connectivity index (χ0n) is 10.5. The molecule has 4 heteroatoms. The Kier molecular flexibility index (Phi) is 2.92. The van der Waals surface area contributed by atoms with E-state index in [1.54, 1.807) is 0 Å². The first-order valence-corrected chi connectivity index (χ1v) is 6.68. The monoisotopic (exact) mass is 235 g/mol. The molecule has 2 aliphatic rings. The molecule has 0 aliphatic carbocycles. The summed E-state index contributed by atoms with van der Waals surface area (Å²) in [6, 6.07) is 0. The van der Waals surface area contributed by atoms with Crippen LogP contribution in [0.1, 0.15) is 49.3 Å². The molecule has 3 rings (SSSR count). The molecule has 1 aromatic rings. The van der Waals surface area contributed by atoms with Gasteiger partial charge in [0.1, 0.15) is 12.1 Å². The van der Waals surface area contributed by atoms with Crippen molar-refractivity contribution in [1.29, 1.82) is 0 Å². The van der Waals surface area contributed by atoms with Gasteiger partial charge in [-0.15, -0.1) is 0 Å². The number of likely N-dealkylation sites (tertiary alicyclic amines) is 1. The lowest BCUT2D eigenvalue weighted by molar-refractivity contribution is 0.0780. The Morgan fingerprint density at radius 1 is 1.29 bits per heavy atom. The van der Waals surface area contributed by atoms with Gasteiger partial charge in [-0.05, 0) is 45.8 Å². The van der Waals surface area contributed by atoms with Crippen molar-refractivity contribution in [2.75, 3.05) is 20.1 Å². The van der Waals surface area contributed by atoms with Crippen LogP contribution in [0, 0.1) is 0 Å². The molecular weight excluding hydrogens is 214 g/mol. The van der Waals surface area contributed by atoms with Gasteiger partial charge in [0.25, 0.3) is 0 Å². The lowest BCUT2D eigenvalue weighted by Crippen LogP contribution is -2.29. The van der Waals surface area contributed by atoms with Crippen LogP contribution in [0.4, 0.5) is 0 Å². The SMILES string of the molecule is CN1CCC(c2cn3c(n2)CCCC3O)CC1. The van der Waals surface area contributed by atoms with Gasteiger partial charge in [0.15, 0.2) is 0 Å². The number of hydrogen-bond acceptors (Lipinski definition) is 3. The summed E-state index contributed by atoms with van der Waals surface area (Å²) < 4.78 is 1.98. The number of aryl methyl sites for hydroxylation is 1.